The van der Waals surface area contributed by atoms with Gasteiger partial charge in [-0.2, -0.15) is 0 Å². The summed E-state index contributed by atoms with van der Waals surface area (Å²) < 4.78 is 50.0. The first-order valence-corrected chi connectivity index (χ1v) is 13.8. The Bertz CT molecular complexity index is 1600. The first kappa shape index (κ1) is 32.8. The molecule has 1 aliphatic heterocycles. The van der Waals surface area contributed by atoms with Crippen molar-refractivity contribution in [2.24, 2.45) is 0 Å². The van der Waals surface area contributed by atoms with Crippen molar-refractivity contribution < 1.29 is 61.5 Å². The van der Waals surface area contributed by atoms with Gasteiger partial charge in [-0.25, -0.2) is 4.79 Å². The summed E-state index contributed by atoms with van der Waals surface area (Å²) in [5.74, 6) is -2.91. The van der Waals surface area contributed by atoms with Crippen LogP contribution in [-0.2, 0) is 49.5 Å². The maximum atomic E-state index is 12.8. The molecule has 3 aromatic rings. The second-order valence-corrected chi connectivity index (χ2v) is 9.87. The molecule has 0 amide bonds. The number of ether oxygens (including phenoxy) is 8. The second kappa shape index (κ2) is 14.6. The van der Waals surface area contributed by atoms with Gasteiger partial charge in [-0.15, -0.1) is 0 Å². The van der Waals surface area contributed by atoms with E-state index in [1.54, 1.807) is 6.07 Å². The highest BCUT2D eigenvalue weighted by atomic mass is 16.7. The smallest absolute Gasteiger partial charge is 0.383 e. The van der Waals surface area contributed by atoms with E-state index in [1.807, 2.05) is 30.3 Å². The van der Waals surface area contributed by atoms with Gasteiger partial charge in [0.25, 0.3) is 0 Å². The highest BCUT2D eigenvalue weighted by Gasteiger charge is 2.53. The minimum absolute atomic E-state index is 0.0620. The SMILES string of the molecule is COc1c(OCc2ccccc2)c2ccc(O[C@@H]3O[C@H](COC(C)=O)[C@H](OC(C)=O)[C@H](OC(C)=O)[C@H]3OC(C)=O)cc2oc1=O. The summed E-state index contributed by atoms with van der Waals surface area (Å²) in [7, 11) is 1.31. The molecule has 0 N–H and O–H groups in total. The number of rotatable bonds is 11. The number of hydrogen-bond donors (Lipinski definition) is 0. The van der Waals surface area contributed by atoms with Crippen LogP contribution in [0.3, 0.4) is 0 Å². The van der Waals surface area contributed by atoms with E-state index < -0.39 is 66.8 Å². The Morgan fingerprint density at radius 2 is 1.42 bits per heavy atom. The van der Waals surface area contributed by atoms with Crippen LogP contribution < -0.4 is 19.8 Å². The molecule has 0 spiro atoms. The summed E-state index contributed by atoms with van der Waals surface area (Å²) in [4.78, 5) is 60.5. The minimum Gasteiger partial charge on any atom is -0.487 e. The molecule has 0 bridgehead atoms. The van der Waals surface area contributed by atoms with Gasteiger partial charge in [0.15, 0.2) is 18.0 Å². The molecule has 1 aromatic heterocycles. The van der Waals surface area contributed by atoms with Crippen LogP contribution in [0.1, 0.15) is 33.3 Å². The first-order chi connectivity index (χ1) is 21.5. The second-order valence-electron chi connectivity index (χ2n) is 9.87. The number of benzene rings is 2. The Labute approximate surface area is 257 Å². The lowest BCUT2D eigenvalue weighted by Gasteiger charge is -2.43. The summed E-state index contributed by atoms with van der Waals surface area (Å²) in [5.41, 5.74) is 0.106. The average molecular weight is 629 g/mol. The van der Waals surface area contributed by atoms with Crippen molar-refractivity contribution in [2.45, 2.75) is 65.0 Å². The molecule has 1 fully saturated rings. The molecule has 0 aliphatic carbocycles. The van der Waals surface area contributed by atoms with Crippen LogP contribution in [0.15, 0.2) is 57.7 Å². The van der Waals surface area contributed by atoms with Gasteiger partial charge in [0.05, 0.1) is 12.5 Å². The fourth-order valence-electron chi connectivity index (χ4n) is 4.68. The average Bonchev–Trinajstić information content (AvgIpc) is 2.97. The van der Waals surface area contributed by atoms with Gasteiger partial charge in [-0.3, -0.25) is 19.2 Å². The van der Waals surface area contributed by atoms with Gasteiger partial charge in [0.1, 0.15) is 30.7 Å². The summed E-state index contributed by atoms with van der Waals surface area (Å²) in [6.07, 6.45) is -6.91. The van der Waals surface area contributed by atoms with Crippen LogP contribution in [0.5, 0.6) is 17.2 Å². The van der Waals surface area contributed by atoms with E-state index in [-0.39, 0.29) is 29.4 Å². The lowest BCUT2D eigenvalue weighted by atomic mass is 9.98. The summed E-state index contributed by atoms with van der Waals surface area (Å²) in [5, 5.41) is 0.385. The Hall–Kier alpha value is -5.11. The number of carbonyl (C=O) groups is 4. The van der Waals surface area contributed by atoms with Gasteiger partial charge < -0.3 is 42.3 Å². The summed E-state index contributed by atoms with van der Waals surface area (Å²) >= 11 is 0. The molecule has 0 radical (unpaired) electrons. The van der Waals surface area contributed by atoms with E-state index in [0.29, 0.717) is 5.39 Å². The number of esters is 4. The number of methoxy groups -OCH3 is 1. The van der Waals surface area contributed by atoms with Crippen LogP contribution in [0.2, 0.25) is 0 Å². The molecule has 0 unspecified atom stereocenters. The largest absolute Gasteiger partial charge is 0.487 e. The predicted octanol–water partition coefficient (Wildman–Crippen LogP) is 2.84. The Balaban J connectivity index is 1.71. The van der Waals surface area contributed by atoms with Gasteiger partial charge in [-0.05, 0) is 17.7 Å². The standard InChI is InChI=1S/C31H32O14/c1-16(32)38-15-24-26(40-17(2)33)27(41-18(3)34)29(42-19(4)35)31(45-24)43-21-11-12-22-23(13-21)44-30(36)28(37-5)25(22)39-14-20-9-7-6-8-10-20/h6-13,24,26-27,29,31H,14-15H2,1-5H3/t24-,26+,27+,29-,31-/m1/s1. The lowest BCUT2D eigenvalue weighted by molar-refractivity contribution is -0.288. The molecule has 1 aliphatic rings. The van der Waals surface area contributed by atoms with E-state index >= 15 is 0 Å². The highest BCUT2D eigenvalue weighted by molar-refractivity contribution is 5.86. The van der Waals surface area contributed by atoms with Crippen LogP contribution in [0.4, 0.5) is 0 Å². The highest BCUT2D eigenvalue weighted by Crippen LogP contribution is 2.36. The van der Waals surface area contributed by atoms with Crippen molar-refractivity contribution in [3.8, 4) is 17.2 Å². The maximum Gasteiger partial charge on any atom is 0.383 e. The van der Waals surface area contributed by atoms with E-state index in [4.69, 9.17) is 42.3 Å². The zero-order valence-electron chi connectivity index (χ0n) is 25.1. The molecule has 14 nitrogen and oxygen atoms in total. The van der Waals surface area contributed by atoms with Gasteiger partial charge in [0, 0.05) is 33.8 Å². The molecule has 5 atom stereocenters. The molecule has 1 saturated heterocycles. The molecule has 0 saturated carbocycles. The Morgan fingerprint density at radius 3 is 2.04 bits per heavy atom. The molecule has 2 heterocycles. The van der Waals surface area contributed by atoms with E-state index in [9.17, 15) is 24.0 Å². The van der Waals surface area contributed by atoms with Crippen molar-refractivity contribution in [3.63, 3.8) is 0 Å². The van der Waals surface area contributed by atoms with Gasteiger partial charge in [0.2, 0.25) is 18.1 Å². The fourth-order valence-corrected chi connectivity index (χ4v) is 4.68. The molecule has 14 heteroatoms. The van der Waals surface area contributed by atoms with Crippen LogP contribution in [0.25, 0.3) is 11.0 Å². The predicted molar refractivity (Wildman–Crippen MR) is 152 cm³/mol. The topological polar surface area (TPSA) is 172 Å². The zero-order valence-corrected chi connectivity index (χ0v) is 25.1. The monoisotopic (exact) mass is 628 g/mol. The lowest BCUT2D eigenvalue weighted by Crippen LogP contribution is -2.63. The molecule has 45 heavy (non-hydrogen) atoms. The van der Waals surface area contributed by atoms with Gasteiger partial charge >= 0.3 is 29.5 Å². The van der Waals surface area contributed by atoms with Crippen molar-refractivity contribution in [1.82, 2.24) is 0 Å². The van der Waals surface area contributed by atoms with Crippen molar-refractivity contribution >= 4 is 34.8 Å². The van der Waals surface area contributed by atoms with Crippen molar-refractivity contribution in [3.05, 3.63) is 64.5 Å². The zero-order chi connectivity index (χ0) is 32.7. The molecule has 4 rings (SSSR count). The summed E-state index contributed by atoms with van der Waals surface area (Å²) in [6, 6.07) is 13.7. The Kier molecular flexibility index (Phi) is 10.6. The molecule has 2 aromatic carbocycles. The molecular formula is C31H32O14. The van der Waals surface area contributed by atoms with E-state index in [1.165, 1.54) is 26.2 Å². The minimum atomic E-state index is -1.48. The van der Waals surface area contributed by atoms with Crippen molar-refractivity contribution in [2.75, 3.05) is 13.7 Å². The number of carbonyl (C=O) groups excluding carboxylic acids is 4. The third-order valence-corrected chi connectivity index (χ3v) is 6.42. The third-order valence-electron chi connectivity index (χ3n) is 6.42. The van der Waals surface area contributed by atoms with E-state index in [2.05, 4.69) is 0 Å². The maximum absolute atomic E-state index is 12.8. The number of hydrogen-bond acceptors (Lipinski definition) is 14. The number of fused-ring (bicyclic) bond motifs is 1. The normalized spacial score (nSPS) is 20.9. The van der Waals surface area contributed by atoms with E-state index in [0.717, 1.165) is 26.3 Å². The quantitative estimate of drug-likeness (QED) is 0.172. The Morgan fingerprint density at radius 1 is 0.778 bits per heavy atom. The van der Waals surface area contributed by atoms with Crippen molar-refractivity contribution in [1.29, 1.82) is 0 Å². The fraction of sp³-hybridized carbons (Fsp3) is 0.387. The third kappa shape index (κ3) is 8.29. The molecular weight excluding hydrogens is 596 g/mol. The van der Waals surface area contributed by atoms with Crippen LogP contribution in [0, 0.1) is 0 Å². The van der Waals surface area contributed by atoms with Crippen LogP contribution in [-0.4, -0.2) is 68.3 Å². The first-order valence-electron chi connectivity index (χ1n) is 13.8. The van der Waals surface area contributed by atoms with Crippen LogP contribution >= 0.6 is 0 Å². The summed E-state index contributed by atoms with van der Waals surface area (Å²) in [6.45, 7) is 4.22. The molecule has 240 valence electrons. The van der Waals surface area contributed by atoms with Gasteiger partial charge in [-0.1, -0.05) is 30.3 Å².